The molecule has 1 aromatic heterocycles. The van der Waals surface area contributed by atoms with E-state index in [1.807, 2.05) is 24.3 Å². The molecule has 6 heteroatoms. The number of thiocarbonyl (C=S) groups is 1. The van der Waals surface area contributed by atoms with Crippen LogP contribution in [0.1, 0.15) is 16.7 Å². The van der Waals surface area contributed by atoms with Gasteiger partial charge in [0.1, 0.15) is 5.75 Å². The molecular formula is C22H22ClN3OS. The summed E-state index contributed by atoms with van der Waals surface area (Å²) < 4.78 is 5.42. The number of nitrogens with one attached hydrogen (secondary N) is 1. The van der Waals surface area contributed by atoms with E-state index in [-0.39, 0.29) is 0 Å². The molecular weight excluding hydrogens is 390 g/mol. The number of aryl methyl sites for hydroxylation is 1. The summed E-state index contributed by atoms with van der Waals surface area (Å²) in [7, 11) is 1.61. The van der Waals surface area contributed by atoms with Crippen LogP contribution in [-0.2, 0) is 13.1 Å². The van der Waals surface area contributed by atoms with Crippen molar-refractivity contribution in [3.8, 4) is 5.75 Å². The average Bonchev–Trinajstić information content (AvgIpc) is 2.71. The van der Waals surface area contributed by atoms with Crippen LogP contribution in [0.15, 0.2) is 67.0 Å². The molecule has 28 heavy (non-hydrogen) atoms. The van der Waals surface area contributed by atoms with Crippen LogP contribution in [0.4, 0.5) is 5.69 Å². The number of halogens is 1. The number of pyridine rings is 1. The lowest BCUT2D eigenvalue weighted by atomic mass is 10.1. The van der Waals surface area contributed by atoms with Crippen molar-refractivity contribution in [2.45, 2.75) is 20.0 Å². The Bertz CT molecular complexity index is 932. The minimum Gasteiger partial charge on any atom is -0.495 e. The van der Waals surface area contributed by atoms with E-state index in [4.69, 9.17) is 28.6 Å². The molecule has 0 aliphatic heterocycles. The van der Waals surface area contributed by atoms with E-state index in [0.717, 1.165) is 11.3 Å². The Morgan fingerprint density at radius 2 is 1.68 bits per heavy atom. The predicted molar refractivity (Wildman–Crippen MR) is 119 cm³/mol. The first kappa shape index (κ1) is 20.1. The number of hydrogen-bond donors (Lipinski definition) is 1. The van der Waals surface area contributed by atoms with Crippen LogP contribution in [0.5, 0.6) is 5.75 Å². The highest BCUT2D eigenvalue weighted by molar-refractivity contribution is 7.80. The van der Waals surface area contributed by atoms with Crippen LogP contribution >= 0.6 is 23.8 Å². The van der Waals surface area contributed by atoms with Crippen molar-refractivity contribution in [2.24, 2.45) is 0 Å². The highest BCUT2D eigenvalue weighted by Gasteiger charge is 2.14. The third-order valence-corrected chi connectivity index (χ3v) is 4.90. The lowest BCUT2D eigenvalue weighted by molar-refractivity contribution is 0.409. The standard InChI is InChI=1S/C22H22ClN3OS/c1-16-3-5-17(6-4-16)14-26(15-18-9-11-24-12-10-18)22(28)25-20-8-7-19(23)13-21(20)27-2/h3-13H,14-15H2,1-2H3,(H,25,28). The normalized spacial score (nSPS) is 10.4. The third kappa shape index (κ3) is 5.44. The largest absolute Gasteiger partial charge is 0.495 e. The number of hydrogen-bond acceptors (Lipinski definition) is 3. The van der Waals surface area contributed by atoms with E-state index in [9.17, 15) is 0 Å². The molecule has 0 saturated carbocycles. The van der Waals surface area contributed by atoms with Gasteiger partial charge in [-0.25, -0.2) is 0 Å². The monoisotopic (exact) mass is 411 g/mol. The molecule has 3 aromatic rings. The smallest absolute Gasteiger partial charge is 0.174 e. The molecule has 1 heterocycles. The van der Waals surface area contributed by atoms with Gasteiger partial charge >= 0.3 is 0 Å². The molecule has 0 aliphatic carbocycles. The molecule has 0 fully saturated rings. The first-order valence-electron chi connectivity index (χ1n) is 8.89. The van der Waals surface area contributed by atoms with Crippen LogP contribution in [0.25, 0.3) is 0 Å². The van der Waals surface area contributed by atoms with E-state index >= 15 is 0 Å². The van der Waals surface area contributed by atoms with Gasteiger partial charge in [-0.1, -0.05) is 41.4 Å². The second-order valence-electron chi connectivity index (χ2n) is 6.47. The maximum atomic E-state index is 6.07. The average molecular weight is 412 g/mol. The molecule has 0 amide bonds. The summed E-state index contributed by atoms with van der Waals surface area (Å²) in [4.78, 5) is 6.21. The lowest BCUT2D eigenvalue weighted by Crippen LogP contribution is -2.34. The van der Waals surface area contributed by atoms with Gasteiger partial charge in [-0.3, -0.25) is 4.98 Å². The van der Waals surface area contributed by atoms with Gasteiger partial charge in [0, 0.05) is 36.6 Å². The number of aromatic nitrogens is 1. The van der Waals surface area contributed by atoms with Gasteiger partial charge in [-0.15, -0.1) is 0 Å². The molecule has 2 aromatic carbocycles. The van der Waals surface area contributed by atoms with Crippen LogP contribution in [-0.4, -0.2) is 22.1 Å². The Kier molecular flexibility index (Phi) is 6.85. The molecule has 1 N–H and O–H groups in total. The molecule has 3 rings (SSSR count). The van der Waals surface area contributed by atoms with E-state index < -0.39 is 0 Å². The number of nitrogens with zero attached hydrogens (tertiary/aromatic N) is 2. The van der Waals surface area contributed by atoms with E-state index in [0.29, 0.717) is 29.0 Å². The molecule has 0 aliphatic rings. The predicted octanol–water partition coefficient (Wildman–Crippen LogP) is 5.45. The number of benzene rings is 2. The van der Waals surface area contributed by atoms with Crippen molar-refractivity contribution >= 4 is 34.6 Å². The van der Waals surface area contributed by atoms with Crippen molar-refractivity contribution in [3.63, 3.8) is 0 Å². The zero-order valence-corrected chi connectivity index (χ0v) is 17.4. The highest BCUT2D eigenvalue weighted by Crippen LogP contribution is 2.28. The molecule has 0 atom stereocenters. The van der Waals surface area contributed by atoms with E-state index in [1.54, 1.807) is 25.6 Å². The molecule has 0 saturated heterocycles. The van der Waals surface area contributed by atoms with Crippen molar-refractivity contribution in [3.05, 3.63) is 88.7 Å². The minimum atomic E-state index is 0.609. The van der Waals surface area contributed by atoms with Crippen LogP contribution in [0, 0.1) is 6.92 Å². The quantitative estimate of drug-likeness (QED) is 0.546. The summed E-state index contributed by atoms with van der Waals surface area (Å²) in [5.74, 6) is 0.647. The summed E-state index contributed by atoms with van der Waals surface area (Å²) in [6, 6.07) is 17.9. The Morgan fingerprint density at radius 1 is 1.04 bits per heavy atom. The van der Waals surface area contributed by atoms with Crippen LogP contribution in [0.2, 0.25) is 5.02 Å². The van der Waals surface area contributed by atoms with Gasteiger partial charge in [0.15, 0.2) is 5.11 Å². The fourth-order valence-electron chi connectivity index (χ4n) is 2.78. The van der Waals surface area contributed by atoms with Gasteiger partial charge in [-0.2, -0.15) is 0 Å². The zero-order chi connectivity index (χ0) is 19.9. The van der Waals surface area contributed by atoms with Gasteiger partial charge in [-0.05, 0) is 54.5 Å². The van der Waals surface area contributed by atoms with E-state index in [2.05, 4.69) is 46.4 Å². The first-order chi connectivity index (χ1) is 13.5. The van der Waals surface area contributed by atoms with Gasteiger partial charge in [0.2, 0.25) is 0 Å². The van der Waals surface area contributed by atoms with Gasteiger partial charge in [0.25, 0.3) is 0 Å². The molecule has 0 unspecified atom stereocenters. The van der Waals surface area contributed by atoms with Crippen molar-refractivity contribution in [1.82, 2.24) is 9.88 Å². The summed E-state index contributed by atoms with van der Waals surface area (Å²) in [6.45, 7) is 3.43. The summed E-state index contributed by atoms with van der Waals surface area (Å²) in [5, 5.41) is 4.52. The lowest BCUT2D eigenvalue weighted by Gasteiger charge is -2.27. The molecule has 4 nitrogen and oxygen atoms in total. The molecule has 0 radical (unpaired) electrons. The van der Waals surface area contributed by atoms with Crippen LogP contribution in [0.3, 0.4) is 0 Å². The van der Waals surface area contributed by atoms with Gasteiger partial charge in [0.05, 0.1) is 12.8 Å². The van der Waals surface area contributed by atoms with Crippen molar-refractivity contribution < 1.29 is 4.74 Å². The van der Waals surface area contributed by atoms with E-state index in [1.165, 1.54) is 11.1 Å². The Morgan fingerprint density at radius 3 is 2.32 bits per heavy atom. The van der Waals surface area contributed by atoms with Crippen molar-refractivity contribution in [1.29, 1.82) is 0 Å². The van der Waals surface area contributed by atoms with Gasteiger partial charge < -0.3 is 15.0 Å². The summed E-state index contributed by atoms with van der Waals surface area (Å²) in [5.41, 5.74) is 4.33. The Labute approximate surface area is 176 Å². The topological polar surface area (TPSA) is 37.4 Å². The highest BCUT2D eigenvalue weighted by atomic mass is 35.5. The fourth-order valence-corrected chi connectivity index (χ4v) is 3.19. The maximum Gasteiger partial charge on any atom is 0.174 e. The third-order valence-electron chi connectivity index (χ3n) is 4.31. The van der Waals surface area contributed by atoms with Crippen LogP contribution < -0.4 is 10.1 Å². The molecule has 144 valence electrons. The summed E-state index contributed by atoms with van der Waals surface area (Å²) in [6.07, 6.45) is 3.58. The first-order valence-corrected chi connectivity index (χ1v) is 9.67. The second kappa shape index (κ2) is 9.53. The number of ether oxygens (including phenoxy) is 1. The molecule has 0 spiro atoms. The number of methoxy groups -OCH3 is 1. The summed E-state index contributed by atoms with van der Waals surface area (Å²) >= 11 is 11.8. The number of anilines is 1. The Balaban J connectivity index is 1.82. The maximum absolute atomic E-state index is 6.07. The minimum absolute atomic E-state index is 0.609. The fraction of sp³-hybridized carbons (Fsp3) is 0.182. The zero-order valence-electron chi connectivity index (χ0n) is 15.9. The SMILES string of the molecule is COc1cc(Cl)ccc1NC(=S)N(Cc1ccncc1)Cc1ccc(C)cc1. The molecule has 0 bridgehead atoms. The van der Waals surface area contributed by atoms with Crippen molar-refractivity contribution in [2.75, 3.05) is 12.4 Å². The Hall–Kier alpha value is -2.63. The second-order valence-corrected chi connectivity index (χ2v) is 7.30. The number of rotatable bonds is 6.